The minimum atomic E-state index is -3.53. The van der Waals surface area contributed by atoms with Gasteiger partial charge in [0.2, 0.25) is 21.8 Å². The number of sulfonamides is 1. The summed E-state index contributed by atoms with van der Waals surface area (Å²) in [6, 6.07) is 12.8. The van der Waals surface area contributed by atoms with Crippen molar-refractivity contribution in [2.24, 2.45) is 0 Å². The highest BCUT2D eigenvalue weighted by atomic mass is 32.2. The first-order valence-corrected chi connectivity index (χ1v) is 14.1. The van der Waals surface area contributed by atoms with Gasteiger partial charge in [-0.25, -0.2) is 8.42 Å². The van der Waals surface area contributed by atoms with Crippen LogP contribution in [-0.4, -0.2) is 49.5 Å². The number of nitrogens with one attached hydrogen (secondary N) is 1. The Morgan fingerprint density at radius 2 is 1.58 bits per heavy atom. The number of amides is 2. The van der Waals surface area contributed by atoms with Crippen molar-refractivity contribution < 1.29 is 18.0 Å². The van der Waals surface area contributed by atoms with Gasteiger partial charge in [-0.05, 0) is 83.7 Å². The summed E-state index contributed by atoms with van der Waals surface area (Å²) in [5.74, 6) is -0.418. The highest BCUT2D eigenvalue weighted by molar-refractivity contribution is 7.92. The fourth-order valence-corrected chi connectivity index (χ4v) is 5.11. The van der Waals surface area contributed by atoms with Crippen molar-refractivity contribution in [1.82, 2.24) is 10.2 Å². The van der Waals surface area contributed by atoms with Crippen LogP contribution in [0, 0.1) is 20.8 Å². The molecule has 0 radical (unpaired) electrons. The number of hydrogen-bond acceptors (Lipinski definition) is 4. The molecule has 0 aliphatic carbocycles. The van der Waals surface area contributed by atoms with Crippen LogP contribution < -0.4 is 9.62 Å². The molecule has 2 rings (SSSR count). The van der Waals surface area contributed by atoms with Crippen molar-refractivity contribution in [3.05, 3.63) is 64.7 Å². The number of hydrogen-bond donors (Lipinski definition) is 1. The minimum Gasteiger partial charge on any atom is -0.350 e. The maximum absolute atomic E-state index is 13.4. The Hall–Kier alpha value is -2.87. The number of anilines is 1. The largest absolute Gasteiger partial charge is 0.350 e. The molecule has 2 aromatic carbocycles. The van der Waals surface area contributed by atoms with Gasteiger partial charge in [0.1, 0.15) is 6.04 Å². The Labute approximate surface area is 216 Å². The zero-order chi connectivity index (χ0) is 27.3. The van der Waals surface area contributed by atoms with Gasteiger partial charge in [0, 0.05) is 25.0 Å². The summed E-state index contributed by atoms with van der Waals surface area (Å²) in [5, 5.41) is 2.96. The molecular weight excluding hydrogens is 474 g/mol. The third kappa shape index (κ3) is 8.97. The van der Waals surface area contributed by atoms with Crippen molar-refractivity contribution in [2.45, 2.75) is 79.4 Å². The molecule has 7 nitrogen and oxygen atoms in total. The Morgan fingerprint density at radius 3 is 2.11 bits per heavy atom. The molecule has 8 heteroatoms. The molecule has 1 atom stereocenters. The van der Waals surface area contributed by atoms with Gasteiger partial charge in [0.05, 0.1) is 11.9 Å². The van der Waals surface area contributed by atoms with E-state index in [0.29, 0.717) is 18.7 Å². The molecule has 36 heavy (non-hydrogen) atoms. The lowest BCUT2D eigenvalue weighted by molar-refractivity contribution is -0.141. The molecule has 0 saturated heterocycles. The first-order valence-electron chi connectivity index (χ1n) is 12.3. The summed E-state index contributed by atoms with van der Waals surface area (Å²) in [6.07, 6.45) is 1.63. The normalized spacial score (nSPS) is 12.7. The maximum atomic E-state index is 13.4. The average Bonchev–Trinajstić information content (AvgIpc) is 2.71. The van der Waals surface area contributed by atoms with Crippen molar-refractivity contribution in [2.75, 3.05) is 17.1 Å². The second-order valence-electron chi connectivity index (χ2n) is 10.7. The van der Waals surface area contributed by atoms with E-state index < -0.39 is 21.6 Å². The van der Waals surface area contributed by atoms with E-state index in [1.807, 2.05) is 84.0 Å². The molecule has 0 aromatic heterocycles. The fourth-order valence-electron chi connectivity index (χ4n) is 4.16. The van der Waals surface area contributed by atoms with E-state index in [9.17, 15) is 18.0 Å². The predicted molar refractivity (Wildman–Crippen MR) is 146 cm³/mol. The number of aryl methyl sites for hydroxylation is 3. The first-order chi connectivity index (χ1) is 16.6. The zero-order valence-electron chi connectivity index (χ0n) is 22.9. The topological polar surface area (TPSA) is 86.8 Å². The van der Waals surface area contributed by atoms with Gasteiger partial charge in [-0.2, -0.15) is 0 Å². The van der Waals surface area contributed by atoms with E-state index in [-0.39, 0.29) is 24.8 Å². The van der Waals surface area contributed by atoms with Gasteiger partial charge in [-0.15, -0.1) is 0 Å². The van der Waals surface area contributed by atoms with E-state index in [1.54, 1.807) is 11.8 Å². The lowest BCUT2D eigenvalue weighted by Crippen LogP contribution is -2.52. The van der Waals surface area contributed by atoms with Gasteiger partial charge in [0.25, 0.3) is 0 Å². The van der Waals surface area contributed by atoms with Crippen molar-refractivity contribution in [3.63, 3.8) is 0 Å². The summed E-state index contributed by atoms with van der Waals surface area (Å²) in [5.41, 5.74) is 4.12. The van der Waals surface area contributed by atoms with Gasteiger partial charge >= 0.3 is 0 Å². The molecule has 0 unspecified atom stereocenters. The summed E-state index contributed by atoms with van der Waals surface area (Å²) >= 11 is 0. The molecule has 0 spiro atoms. The average molecular weight is 516 g/mol. The van der Waals surface area contributed by atoms with Gasteiger partial charge in [0.15, 0.2) is 0 Å². The number of rotatable bonds is 10. The standard InChI is InChI=1S/C28H41N3O4S/c1-20-11-9-12-24(16-20)19-30(23(4)27(33)29-28(5,6)7)26(32)13-10-14-31(36(8,34)35)25-17-21(2)15-22(3)18-25/h9,11-12,15-18,23H,10,13-14,19H2,1-8H3,(H,29,33)/t23-/m0/s1. The molecule has 2 aromatic rings. The first kappa shape index (κ1) is 29.4. The molecule has 0 bridgehead atoms. The van der Waals surface area contributed by atoms with Crippen LogP contribution in [-0.2, 0) is 26.2 Å². The van der Waals surface area contributed by atoms with E-state index in [4.69, 9.17) is 0 Å². The molecule has 2 amide bonds. The zero-order valence-corrected chi connectivity index (χ0v) is 23.7. The van der Waals surface area contributed by atoms with Crippen LogP contribution in [0.2, 0.25) is 0 Å². The van der Waals surface area contributed by atoms with E-state index >= 15 is 0 Å². The SMILES string of the molecule is Cc1cccc(CN(C(=O)CCCN(c2cc(C)cc(C)c2)S(C)(=O)=O)[C@@H](C)C(=O)NC(C)(C)C)c1. The van der Waals surface area contributed by atoms with Crippen molar-refractivity contribution >= 4 is 27.5 Å². The second-order valence-corrected chi connectivity index (χ2v) is 12.6. The highest BCUT2D eigenvalue weighted by Gasteiger charge is 2.28. The van der Waals surface area contributed by atoms with Crippen LogP contribution in [0.25, 0.3) is 0 Å². The van der Waals surface area contributed by atoms with Gasteiger partial charge in [-0.3, -0.25) is 13.9 Å². The summed E-state index contributed by atoms with van der Waals surface area (Å²) in [4.78, 5) is 27.9. The lowest BCUT2D eigenvalue weighted by atomic mass is 10.1. The Bertz CT molecular complexity index is 1170. The molecular formula is C28H41N3O4S. The van der Waals surface area contributed by atoms with E-state index in [0.717, 1.165) is 22.3 Å². The van der Waals surface area contributed by atoms with Crippen LogP contribution >= 0.6 is 0 Å². The summed E-state index contributed by atoms with van der Waals surface area (Å²) in [7, 11) is -3.53. The Morgan fingerprint density at radius 1 is 0.972 bits per heavy atom. The Balaban J connectivity index is 2.22. The van der Waals surface area contributed by atoms with Crippen LogP contribution in [0.1, 0.15) is 62.8 Å². The van der Waals surface area contributed by atoms with Crippen LogP contribution in [0.4, 0.5) is 5.69 Å². The maximum Gasteiger partial charge on any atom is 0.242 e. The van der Waals surface area contributed by atoms with Gasteiger partial charge < -0.3 is 10.2 Å². The number of nitrogens with zero attached hydrogens (tertiary/aromatic N) is 2. The van der Waals surface area contributed by atoms with E-state index in [2.05, 4.69) is 5.32 Å². The Kier molecular flexibility index (Phi) is 9.71. The quantitative estimate of drug-likeness (QED) is 0.505. The third-order valence-electron chi connectivity index (χ3n) is 5.75. The summed E-state index contributed by atoms with van der Waals surface area (Å²) < 4.78 is 26.4. The van der Waals surface area contributed by atoms with Crippen molar-refractivity contribution in [3.8, 4) is 0 Å². The van der Waals surface area contributed by atoms with Crippen LogP contribution in [0.15, 0.2) is 42.5 Å². The molecule has 0 aliphatic heterocycles. The monoisotopic (exact) mass is 515 g/mol. The fraction of sp³-hybridized carbons (Fsp3) is 0.500. The molecule has 0 saturated carbocycles. The minimum absolute atomic E-state index is 0.121. The molecule has 0 heterocycles. The summed E-state index contributed by atoms with van der Waals surface area (Å²) in [6.45, 7) is 13.7. The third-order valence-corrected chi connectivity index (χ3v) is 6.94. The molecule has 198 valence electrons. The second kappa shape index (κ2) is 11.9. The smallest absolute Gasteiger partial charge is 0.242 e. The van der Waals surface area contributed by atoms with Crippen molar-refractivity contribution in [1.29, 1.82) is 0 Å². The molecule has 0 fully saturated rings. The van der Waals surface area contributed by atoms with E-state index in [1.165, 1.54) is 10.6 Å². The number of carbonyl (C=O) groups is 2. The van der Waals surface area contributed by atoms with Crippen LogP contribution in [0.3, 0.4) is 0 Å². The number of carbonyl (C=O) groups excluding carboxylic acids is 2. The molecule has 1 N–H and O–H groups in total. The van der Waals surface area contributed by atoms with Crippen LogP contribution in [0.5, 0.6) is 0 Å². The molecule has 0 aliphatic rings. The number of benzene rings is 2. The highest BCUT2D eigenvalue weighted by Crippen LogP contribution is 2.22. The lowest BCUT2D eigenvalue weighted by Gasteiger charge is -2.32. The van der Waals surface area contributed by atoms with Gasteiger partial charge in [-0.1, -0.05) is 35.9 Å². The predicted octanol–water partition coefficient (Wildman–Crippen LogP) is 4.49.